The van der Waals surface area contributed by atoms with E-state index in [1.165, 1.54) is 0 Å². The largest absolute Gasteiger partial charge is 0.382 e. The van der Waals surface area contributed by atoms with Gasteiger partial charge in [-0.1, -0.05) is 0 Å². The summed E-state index contributed by atoms with van der Waals surface area (Å²) in [6, 6.07) is -0.480. The van der Waals surface area contributed by atoms with Crippen molar-refractivity contribution in [1.29, 1.82) is 0 Å². The van der Waals surface area contributed by atoms with Gasteiger partial charge in [0.05, 0.1) is 5.75 Å². The highest BCUT2D eigenvalue weighted by molar-refractivity contribution is 7.90. The van der Waals surface area contributed by atoms with Gasteiger partial charge in [-0.25, -0.2) is 8.42 Å². The van der Waals surface area contributed by atoms with E-state index >= 15 is 0 Å². The normalized spacial score (nSPS) is 13.4. The molecule has 4 N–H and O–H groups in total. The Kier molecular flexibility index (Phi) is 3.76. The number of H-pyrrole nitrogens is 1. The predicted octanol–water partition coefficient (Wildman–Crippen LogP) is -0.537. The molecule has 0 aromatic carbocycles. The van der Waals surface area contributed by atoms with Gasteiger partial charge in [0, 0.05) is 18.0 Å². The average molecular weight is 260 g/mol. The van der Waals surface area contributed by atoms with Gasteiger partial charge in [-0.2, -0.15) is 5.10 Å². The van der Waals surface area contributed by atoms with E-state index in [0.29, 0.717) is 5.69 Å². The van der Waals surface area contributed by atoms with Crippen LogP contribution in [0, 0.1) is 6.92 Å². The maximum absolute atomic E-state index is 11.8. The molecule has 17 heavy (non-hydrogen) atoms. The summed E-state index contributed by atoms with van der Waals surface area (Å²) in [6.07, 6.45) is 1.12. The van der Waals surface area contributed by atoms with Crippen molar-refractivity contribution in [3.63, 3.8) is 0 Å². The molecule has 1 unspecified atom stereocenters. The van der Waals surface area contributed by atoms with Crippen LogP contribution in [0.4, 0.5) is 5.82 Å². The molecule has 1 amide bonds. The van der Waals surface area contributed by atoms with E-state index in [9.17, 15) is 13.2 Å². The molecule has 0 aliphatic carbocycles. The number of carbonyl (C=O) groups is 1. The van der Waals surface area contributed by atoms with Crippen molar-refractivity contribution in [2.45, 2.75) is 19.9 Å². The molecule has 1 rings (SSSR count). The number of carbonyl (C=O) groups excluding carboxylic acids is 1. The number of aryl methyl sites for hydroxylation is 1. The quantitative estimate of drug-likeness (QED) is 0.672. The van der Waals surface area contributed by atoms with Crippen molar-refractivity contribution in [2.75, 3.05) is 17.7 Å². The van der Waals surface area contributed by atoms with E-state index < -0.39 is 21.8 Å². The molecule has 0 spiro atoms. The Morgan fingerprint density at radius 2 is 2.18 bits per heavy atom. The number of hydrogen-bond donors (Lipinski definition) is 3. The lowest BCUT2D eigenvalue weighted by molar-refractivity contribution is 0.0944. The van der Waals surface area contributed by atoms with Gasteiger partial charge in [0.1, 0.15) is 15.4 Å². The topological polar surface area (TPSA) is 118 Å². The number of aromatic amines is 1. The van der Waals surface area contributed by atoms with Crippen molar-refractivity contribution in [2.24, 2.45) is 0 Å². The van der Waals surface area contributed by atoms with Crippen LogP contribution in [0.1, 0.15) is 23.0 Å². The first-order valence-electron chi connectivity index (χ1n) is 4.99. The van der Waals surface area contributed by atoms with Gasteiger partial charge < -0.3 is 11.1 Å². The standard InChI is InChI=1S/C9H16N4O3S/c1-5(4-17(3,15)16)11-9(14)7-6(2)12-13-8(7)10/h5H,4H2,1-3H3,(H,11,14)(H3,10,12,13). The van der Waals surface area contributed by atoms with Crippen LogP contribution >= 0.6 is 0 Å². The third kappa shape index (κ3) is 3.74. The average Bonchev–Trinajstić information content (AvgIpc) is 2.42. The highest BCUT2D eigenvalue weighted by Gasteiger charge is 2.19. The Hall–Kier alpha value is -1.57. The zero-order valence-electron chi connectivity index (χ0n) is 9.94. The zero-order chi connectivity index (χ0) is 13.2. The summed E-state index contributed by atoms with van der Waals surface area (Å²) in [5, 5.41) is 8.84. The van der Waals surface area contributed by atoms with Crippen molar-refractivity contribution >= 4 is 21.6 Å². The molecular formula is C9H16N4O3S. The fraction of sp³-hybridized carbons (Fsp3) is 0.556. The molecule has 1 atom stereocenters. The van der Waals surface area contributed by atoms with Gasteiger partial charge in [-0.05, 0) is 13.8 Å². The monoisotopic (exact) mass is 260 g/mol. The minimum absolute atomic E-state index is 0.103. The van der Waals surface area contributed by atoms with E-state index in [2.05, 4.69) is 15.5 Å². The lowest BCUT2D eigenvalue weighted by Crippen LogP contribution is -2.37. The van der Waals surface area contributed by atoms with Crippen LogP contribution in [0.25, 0.3) is 0 Å². The molecule has 0 bridgehead atoms. The number of nitrogen functional groups attached to an aromatic ring is 1. The zero-order valence-corrected chi connectivity index (χ0v) is 10.8. The molecule has 1 aromatic heterocycles. The van der Waals surface area contributed by atoms with Crippen LogP contribution in [0.15, 0.2) is 0 Å². The number of nitrogens with zero attached hydrogens (tertiary/aromatic N) is 1. The second-order valence-corrected chi connectivity index (χ2v) is 6.26. The summed E-state index contributed by atoms with van der Waals surface area (Å²) >= 11 is 0. The number of aromatic nitrogens is 2. The number of nitrogens with one attached hydrogen (secondary N) is 2. The number of nitrogens with two attached hydrogens (primary N) is 1. The van der Waals surface area contributed by atoms with Crippen LogP contribution in [0.3, 0.4) is 0 Å². The Labute approximate surface area is 99.7 Å². The van der Waals surface area contributed by atoms with Gasteiger partial charge >= 0.3 is 0 Å². The molecule has 8 heteroatoms. The third-order valence-electron chi connectivity index (χ3n) is 2.13. The molecule has 1 aromatic rings. The second kappa shape index (κ2) is 4.74. The summed E-state index contributed by atoms with van der Waals surface area (Å²) in [5.74, 6) is -0.438. The lowest BCUT2D eigenvalue weighted by atomic mass is 10.2. The Bertz CT molecular complexity index is 501. The molecule has 0 fully saturated rings. The van der Waals surface area contributed by atoms with E-state index in [-0.39, 0.29) is 17.1 Å². The molecule has 1 heterocycles. The van der Waals surface area contributed by atoms with Gasteiger partial charge in [0.2, 0.25) is 0 Å². The Morgan fingerprint density at radius 1 is 1.59 bits per heavy atom. The third-order valence-corrected chi connectivity index (χ3v) is 3.24. The number of hydrogen-bond acceptors (Lipinski definition) is 5. The van der Waals surface area contributed by atoms with Gasteiger partial charge in [0.15, 0.2) is 5.82 Å². The van der Waals surface area contributed by atoms with Crippen molar-refractivity contribution in [3.8, 4) is 0 Å². The van der Waals surface area contributed by atoms with Crippen molar-refractivity contribution in [3.05, 3.63) is 11.3 Å². The molecule has 7 nitrogen and oxygen atoms in total. The Morgan fingerprint density at radius 3 is 2.59 bits per heavy atom. The van der Waals surface area contributed by atoms with Crippen LogP contribution in [-0.4, -0.2) is 42.6 Å². The highest BCUT2D eigenvalue weighted by atomic mass is 32.2. The maximum atomic E-state index is 11.8. The smallest absolute Gasteiger partial charge is 0.257 e. The number of sulfone groups is 1. The molecule has 0 saturated heterocycles. The molecule has 0 aliphatic rings. The highest BCUT2D eigenvalue weighted by Crippen LogP contribution is 2.11. The molecule has 96 valence electrons. The Balaban J connectivity index is 2.74. The summed E-state index contributed by atoms with van der Waals surface area (Å²) in [4.78, 5) is 11.8. The number of amides is 1. The first kappa shape index (κ1) is 13.5. The van der Waals surface area contributed by atoms with Crippen molar-refractivity contribution in [1.82, 2.24) is 15.5 Å². The molecule has 0 saturated carbocycles. The molecule has 0 radical (unpaired) electrons. The van der Waals surface area contributed by atoms with E-state index in [4.69, 9.17) is 5.73 Å². The fourth-order valence-electron chi connectivity index (χ4n) is 1.53. The van der Waals surface area contributed by atoms with Gasteiger partial charge in [0.25, 0.3) is 5.91 Å². The van der Waals surface area contributed by atoms with E-state index in [0.717, 1.165) is 6.26 Å². The summed E-state index contributed by atoms with van der Waals surface area (Å²) in [5.41, 5.74) is 6.33. The van der Waals surface area contributed by atoms with E-state index in [1.807, 2.05) is 0 Å². The van der Waals surface area contributed by atoms with Crippen LogP contribution in [0.2, 0.25) is 0 Å². The molecular weight excluding hydrogens is 244 g/mol. The number of anilines is 1. The summed E-state index contributed by atoms with van der Waals surface area (Å²) in [6.45, 7) is 3.28. The van der Waals surface area contributed by atoms with Crippen LogP contribution in [-0.2, 0) is 9.84 Å². The maximum Gasteiger partial charge on any atom is 0.257 e. The fourth-order valence-corrected chi connectivity index (χ4v) is 2.52. The van der Waals surface area contributed by atoms with Crippen LogP contribution < -0.4 is 11.1 Å². The van der Waals surface area contributed by atoms with Crippen molar-refractivity contribution < 1.29 is 13.2 Å². The SMILES string of the molecule is Cc1[nH]nc(N)c1C(=O)NC(C)CS(C)(=O)=O. The molecule has 0 aliphatic heterocycles. The second-order valence-electron chi connectivity index (χ2n) is 4.08. The van der Waals surface area contributed by atoms with Gasteiger partial charge in [-0.3, -0.25) is 9.89 Å². The van der Waals surface area contributed by atoms with Crippen LogP contribution in [0.5, 0.6) is 0 Å². The summed E-state index contributed by atoms with van der Waals surface area (Å²) < 4.78 is 22.1. The first-order valence-corrected chi connectivity index (χ1v) is 7.06. The minimum atomic E-state index is -3.13. The predicted molar refractivity (Wildman–Crippen MR) is 64.4 cm³/mol. The lowest BCUT2D eigenvalue weighted by Gasteiger charge is -2.12. The van der Waals surface area contributed by atoms with E-state index in [1.54, 1.807) is 13.8 Å². The van der Waals surface area contributed by atoms with Gasteiger partial charge in [-0.15, -0.1) is 0 Å². The number of rotatable bonds is 4. The first-order chi connectivity index (χ1) is 7.70. The minimum Gasteiger partial charge on any atom is -0.382 e. The summed E-state index contributed by atoms with van der Waals surface area (Å²) in [7, 11) is -3.13.